The third-order valence-corrected chi connectivity index (χ3v) is 6.20. The van der Waals surface area contributed by atoms with Crippen molar-refractivity contribution in [3.8, 4) is 0 Å². The summed E-state index contributed by atoms with van der Waals surface area (Å²) in [5.74, 6) is 1.41. The number of hydrogen-bond donors (Lipinski definition) is 1. The van der Waals surface area contributed by atoms with Gasteiger partial charge in [0.1, 0.15) is 11.3 Å². The van der Waals surface area contributed by atoms with Crippen LogP contribution in [0.1, 0.15) is 37.3 Å². The highest BCUT2D eigenvalue weighted by atomic mass is 35.5. The fourth-order valence-electron chi connectivity index (χ4n) is 4.11. The van der Waals surface area contributed by atoms with E-state index < -0.39 is 0 Å². The van der Waals surface area contributed by atoms with Gasteiger partial charge in [-0.05, 0) is 38.0 Å². The predicted molar refractivity (Wildman–Crippen MR) is 113 cm³/mol. The van der Waals surface area contributed by atoms with Crippen molar-refractivity contribution in [3.05, 3.63) is 45.6 Å². The highest BCUT2D eigenvalue weighted by molar-refractivity contribution is 7.07. The van der Waals surface area contributed by atoms with Crippen molar-refractivity contribution in [1.82, 2.24) is 19.5 Å². The van der Waals surface area contributed by atoms with Gasteiger partial charge in [-0.2, -0.15) is 0 Å². The number of nitrogens with two attached hydrogens (primary N) is 1. The number of pyridine rings is 1. The number of aromatic nitrogens is 4. The van der Waals surface area contributed by atoms with Gasteiger partial charge in [-0.15, -0.1) is 11.3 Å². The van der Waals surface area contributed by atoms with Crippen LogP contribution in [-0.4, -0.2) is 32.2 Å². The number of anilines is 1. The van der Waals surface area contributed by atoms with Gasteiger partial charge in [-0.3, -0.25) is 0 Å². The molecule has 2 atom stereocenters. The Bertz CT molecular complexity index is 1160. The molecule has 1 fully saturated rings. The van der Waals surface area contributed by atoms with Gasteiger partial charge in [0.2, 0.25) is 0 Å². The fraction of sp³-hybridized carbons (Fsp3) is 0.350. The third-order valence-electron chi connectivity index (χ3n) is 5.33. The molecule has 0 radical (unpaired) electrons. The van der Waals surface area contributed by atoms with Gasteiger partial charge >= 0.3 is 0 Å². The lowest BCUT2D eigenvalue weighted by Crippen LogP contribution is -2.26. The van der Waals surface area contributed by atoms with E-state index in [2.05, 4.69) is 26.8 Å². The largest absolute Gasteiger partial charge is 0.382 e. The van der Waals surface area contributed by atoms with Crippen LogP contribution in [0, 0.1) is 0 Å². The number of ether oxygens (including phenoxy) is 1. The molecule has 8 heteroatoms. The number of rotatable bonds is 3. The lowest BCUT2D eigenvalue weighted by Gasteiger charge is -2.30. The Kier molecular flexibility index (Phi) is 4.45. The number of imidazole rings is 1. The molecule has 28 heavy (non-hydrogen) atoms. The average molecular weight is 414 g/mol. The molecule has 0 spiro atoms. The standard InChI is InChI=1S/C20H20ClN5OS/c1-11-6-14(4-5-27-11)26-17(8-13-9-28-10-23-13)25-18-19(26)15-7-12(21)2-3-16(15)24-20(18)22/h2-3,7,9-11,14H,4-6,8H2,1H3,(H2,22,24)/t11-,14-/m1/s1. The third kappa shape index (κ3) is 3.03. The zero-order valence-corrected chi connectivity index (χ0v) is 17.0. The molecule has 4 aromatic rings. The summed E-state index contributed by atoms with van der Waals surface area (Å²) in [5, 5.41) is 3.72. The van der Waals surface area contributed by atoms with Crippen LogP contribution in [0.25, 0.3) is 21.9 Å². The minimum absolute atomic E-state index is 0.206. The van der Waals surface area contributed by atoms with Crippen molar-refractivity contribution >= 4 is 50.7 Å². The predicted octanol–water partition coefficient (Wildman–Crippen LogP) is 4.61. The van der Waals surface area contributed by atoms with E-state index in [0.717, 1.165) is 52.9 Å². The van der Waals surface area contributed by atoms with E-state index in [1.165, 1.54) is 0 Å². The average Bonchev–Trinajstić information content (AvgIpc) is 3.31. The maximum atomic E-state index is 6.32. The Hall–Kier alpha value is -2.22. The van der Waals surface area contributed by atoms with Crippen LogP contribution in [0.3, 0.4) is 0 Å². The monoisotopic (exact) mass is 413 g/mol. The number of benzene rings is 1. The second kappa shape index (κ2) is 6.99. The van der Waals surface area contributed by atoms with Gasteiger partial charge in [-0.1, -0.05) is 11.6 Å². The van der Waals surface area contributed by atoms with Gasteiger partial charge < -0.3 is 15.0 Å². The molecule has 1 aliphatic rings. The Morgan fingerprint density at radius 2 is 2.25 bits per heavy atom. The number of fused-ring (bicyclic) bond motifs is 3. The first-order valence-electron chi connectivity index (χ1n) is 9.34. The van der Waals surface area contributed by atoms with Gasteiger partial charge in [0.25, 0.3) is 0 Å². The van der Waals surface area contributed by atoms with Gasteiger partial charge in [0, 0.05) is 34.9 Å². The van der Waals surface area contributed by atoms with Crippen LogP contribution < -0.4 is 5.73 Å². The molecule has 3 aromatic heterocycles. The van der Waals surface area contributed by atoms with Crippen molar-refractivity contribution in [3.63, 3.8) is 0 Å². The highest BCUT2D eigenvalue weighted by Gasteiger charge is 2.27. The van der Waals surface area contributed by atoms with E-state index in [1.54, 1.807) is 11.3 Å². The minimum atomic E-state index is 0.206. The first-order chi connectivity index (χ1) is 13.6. The van der Waals surface area contributed by atoms with Crippen LogP contribution in [0.15, 0.2) is 29.1 Å². The van der Waals surface area contributed by atoms with Crippen molar-refractivity contribution in [2.75, 3.05) is 12.3 Å². The summed E-state index contributed by atoms with van der Waals surface area (Å²) in [4.78, 5) is 13.9. The Morgan fingerprint density at radius 1 is 1.36 bits per heavy atom. The summed E-state index contributed by atoms with van der Waals surface area (Å²) in [5.41, 5.74) is 11.7. The van der Waals surface area contributed by atoms with E-state index in [0.29, 0.717) is 17.3 Å². The van der Waals surface area contributed by atoms with Gasteiger partial charge in [-0.25, -0.2) is 15.0 Å². The topological polar surface area (TPSA) is 78.9 Å². The van der Waals surface area contributed by atoms with E-state index in [-0.39, 0.29) is 12.1 Å². The van der Waals surface area contributed by atoms with Crippen LogP contribution in [0.5, 0.6) is 0 Å². The summed E-state index contributed by atoms with van der Waals surface area (Å²) in [6.45, 7) is 2.86. The molecule has 0 amide bonds. The number of thiazole rings is 1. The molecule has 1 aliphatic heterocycles. The molecule has 0 unspecified atom stereocenters. The highest BCUT2D eigenvalue weighted by Crippen LogP contribution is 2.36. The summed E-state index contributed by atoms with van der Waals surface area (Å²) in [7, 11) is 0. The summed E-state index contributed by atoms with van der Waals surface area (Å²) in [6, 6.07) is 6.00. The van der Waals surface area contributed by atoms with E-state index in [9.17, 15) is 0 Å². The Labute approximate surface area is 171 Å². The van der Waals surface area contributed by atoms with E-state index in [4.69, 9.17) is 27.1 Å². The second-order valence-corrected chi connectivity index (χ2v) is 8.43. The van der Waals surface area contributed by atoms with Crippen molar-refractivity contribution in [1.29, 1.82) is 0 Å². The lowest BCUT2D eigenvalue weighted by molar-refractivity contribution is 0.00631. The molecule has 1 saturated heterocycles. The molecule has 0 aliphatic carbocycles. The minimum Gasteiger partial charge on any atom is -0.382 e. The van der Waals surface area contributed by atoms with Gasteiger partial charge in [0.15, 0.2) is 5.82 Å². The molecule has 2 N–H and O–H groups in total. The molecular weight excluding hydrogens is 394 g/mol. The summed E-state index contributed by atoms with van der Waals surface area (Å²) in [6.07, 6.45) is 2.73. The zero-order chi connectivity index (χ0) is 19.3. The molecule has 0 saturated carbocycles. The molecule has 1 aromatic carbocycles. The first-order valence-corrected chi connectivity index (χ1v) is 10.7. The lowest BCUT2D eigenvalue weighted by atomic mass is 10.0. The summed E-state index contributed by atoms with van der Waals surface area (Å²) >= 11 is 7.92. The molecule has 0 bridgehead atoms. The van der Waals surface area contributed by atoms with E-state index in [1.807, 2.05) is 23.7 Å². The molecule has 5 rings (SSSR count). The smallest absolute Gasteiger partial charge is 0.152 e. The van der Waals surface area contributed by atoms with E-state index >= 15 is 0 Å². The number of hydrogen-bond acceptors (Lipinski definition) is 6. The molecule has 6 nitrogen and oxygen atoms in total. The molecule has 144 valence electrons. The van der Waals surface area contributed by atoms with Crippen LogP contribution in [-0.2, 0) is 11.2 Å². The fourth-order valence-corrected chi connectivity index (χ4v) is 4.84. The van der Waals surface area contributed by atoms with Crippen molar-refractivity contribution in [2.24, 2.45) is 0 Å². The van der Waals surface area contributed by atoms with Crippen LogP contribution in [0.4, 0.5) is 5.82 Å². The molecular formula is C20H20ClN5OS. The maximum absolute atomic E-state index is 6.32. The normalized spacial score (nSPS) is 20.2. The van der Waals surface area contributed by atoms with Gasteiger partial charge in [0.05, 0.1) is 28.3 Å². The Balaban J connectivity index is 1.80. The van der Waals surface area contributed by atoms with Crippen LogP contribution >= 0.6 is 22.9 Å². The Morgan fingerprint density at radius 3 is 3.04 bits per heavy atom. The number of halogens is 1. The van der Waals surface area contributed by atoms with Crippen molar-refractivity contribution < 1.29 is 4.74 Å². The SMILES string of the molecule is C[C@@H]1C[C@H](n2c(Cc3cscn3)nc3c(N)nc4ccc(Cl)cc4c32)CCO1. The number of nitrogen functional groups attached to an aromatic ring is 1. The number of nitrogens with zero attached hydrogens (tertiary/aromatic N) is 4. The summed E-state index contributed by atoms with van der Waals surface area (Å²) < 4.78 is 8.13. The maximum Gasteiger partial charge on any atom is 0.152 e. The van der Waals surface area contributed by atoms with Crippen LogP contribution in [0.2, 0.25) is 5.02 Å². The second-order valence-electron chi connectivity index (χ2n) is 7.27. The quantitative estimate of drug-likeness (QED) is 0.530. The zero-order valence-electron chi connectivity index (χ0n) is 15.4. The molecule has 4 heterocycles. The first kappa shape index (κ1) is 17.8. The van der Waals surface area contributed by atoms with Crippen molar-refractivity contribution in [2.45, 2.75) is 38.3 Å².